The highest BCUT2D eigenvalue weighted by Crippen LogP contribution is 2.38. The van der Waals surface area contributed by atoms with Crippen LogP contribution in [0, 0.1) is 36.5 Å². The highest BCUT2D eigenvalue weighted by Gasteiger charge is 2.24. The molecule has 148 valence electrons. The van der Waals surface area contributed by atoms with Crippen LogP contribution in [0.1, 0.15) is 56.2 Å². The molecule has 0 amide bonds. The van der Waals surface area contributed by atoms with Crippen LogP contribution in [0.4, 0.5) is 0 Å². The van der Waals surface area contributed by atoms with Crippen LogP contribution in [0.3, 0.4) is 0 Å². The molecule has 0 N–H and O–H groups in total. The molecule has 4 rings (SSSR count). The maximum atomic E-state index is 12.7. The van der Waals surface area contributed by atoms with Gasteiger partial charge < -0.3 is 4.57 Å². The summed E-state index contributed by atoms with van der Waals surface area (Å²) in [6.45, 7) is 3.97. The van der Waals surface area contributed by atoms with Gasteiger partial charge in [-0.25, -0.2) is 0 Å². The summed E-state index contributed by atoms with van der Waals surface area (Å²) in [7, 11) is 0. The number of hydrogen-bond donors (Lipinski definition) is 0. The number of ketones is 1. The SMILES string of the molecule is Cc1cc(/C=C(\C#N)C(=O)c2ccccc2)c(C)n1-c1sc2c(c1C#N)CCCC2. The number of carbonyl (C=O) groups is 1. The van der Waals surface area contributed by atoms with Crippen LogP contribution >= 0.6 is 11.3 Å². The summed E-state index contributed by atoms with van der Waals surface area (Å²) in [5.41, 5.74) is 5.31. The molecule has 4 nitrogen and oxygen atoms in total. The van der Waals surface area contributed by atoms with Gasteiger partial charge in [0.2, 0.25) is 5.78 Å². The van der Waals surface area contributed by atoms with Crippen molar-refractivity contribution >= 4 is 23.2 Å². The van der Waals surface area contributed by atoms with Crippen LogP contribution in [0.2, 0.25) is 0 Å². The lowest BCUT2D eigenvalue weighted by atomic mass is 9.96. The van der Waals surface area contributed by atoms with Crippen molar-refractivity contribution in [1.82, 2.24) is 4.57 Å². The van der Waals surface area contributed by atoms with Crippen LogP contribution in [0.15, 0.2) is 42.0 Å². The van der Waals surface area contributed by atoms with Gasteiger partial charge in [-0.3, -0.25) is 4.79 Å². The van der Waals surface area contributed by atoms with E-state index in [0.717, 1.165) is 46.8 Å². The molecule has 3 aromatic rings. The van der Waals surface area contributed by atoms with Gasteiger partial charge in [0, 0.05) is 21.8 Å². The van der Waals surface area contributed by atoms with E-state index in [0.29, 0.717) is 5.56 Å². The smallest absolute Gasteiger partial charge is 0.203 e. The van der Waals surface area contributed by atoms with Crippen molar-refractivity contribution in [3.8, 4) is 17.1 Å². The fraction of sp³-hybridized carbons (Fsp3) is 0.240. The van der Waals surface area contributed by atoms with Gasteiger partial charge in [0.1, 0.15) is 22.7 Å². The Morgan fingerprint density at radius 1 is 1.13 bits per heavy atom. The summed E-state index contributed by atoms with van der Waals surface area (Å²) >= 11 is 1.70. The molecule has 1 aliphatic rings. The quantitative estimate of drug-likeness (QED) is 0.314. The highest BCUT2D eigenvalue weighted by molar-refractivity contribution is 7.15. The Morgan fingerprint density at radius 2 is 1.87 bits per heavy atom. The van der Waals surface area contributed by atoms with Gasteiger partial charge in [0.15, 0.2) is 0 Å². The molecule has 0 saturated carbocycles. The predicted molar refractivity (Wildman–Crippen MR) is 119 cm³/mol. The molecule has 1 aromatic carbocycles. The predicted octanol–water partition coefficient (Wildman–Crippen LogP) is 5.70. The second kappa shape index (κ2) is 8.14. The topological polar surface area (TPSA) is 69.6 Å². The van der Waals surface area contributed by atoms with E-state index in [1.54, 1.807) is 41.7 Å². The van der Waals surface area contributed by atoms with Gasteiger partial charge in [-0.1, -0.05) is 30.3 Å². The molecule has 1 aliphatic carbocycles. The second-order valence-electron chi connectivity index (χ2n) is 7.53. The van der Waals surface area contributed by atoms with Crippen molar-refractivity contribution in [2.75, 3.05) is 0 Å². The second-order valence-corrected chi connectivity index (χ2v) is 8.61. The van der Waals surface area contributed by atoms with Crippen LogP contribution in [0.25, 0.3) is 11.1 Å². The number of fused-ring (bicyclic) bond motifs is 1. The number of allylic oxidation sites excluding steroid dienone is 1. The normalized spacial score (nSPS) is 13.4. The number of benzene rings is 1. The van der Waals surface area contributed by atoms with Gasteiger partial charge in [-0.2, -0.15) is 10.5 Å². The summed E-state index contributed by atoms with van der Waals surface area (Å²) in [6, 6.07) is 15.3. The molecule has 2 heterocycles. The fourth-order valence-corrected chi connectivity index (χ4v) is 5.57. The molecule has 0 atom stereocenters. The van der Waals surface area contributed by atoms with Crippen molar-refractivity contribution in [2.24, 2.45) is 0 Å². The van der Waals surface area contributed by atoms with E-state index in [9.17, 15) is 15.3 Å². The van der Waals surface area contributed by atoms with E-state index in [4.69, 9.17) is 0 Å². The summed E-state index contributed by atoms with van der Waals surface area (Å²) in [4.78, 5) is 14.1. The standard InChI is InChI=1S/C25H21N3OS/c1-16-12-19(13-20(14-26)24(29)18-8-4-3-5-9-18)17(2)28(16)25-22(15-27)21-10-6-7-11-23(21)30-25/h3-5,8-9,12-13H,6-7,10-11H2,1-2H3/b20-13+. The Kier molecular flexibility index (Phi) is 5.40. The van der Waals surface area contributed by atoms with Gasteiger partial charge in [-0.15, -0.1) is 11.3 Å². The number of Topliss-reactive ketones (excluding diaryl/α,β-unsaturated/α-hetero) is 1. The molecular formula is C25H21N3OS. The molecule has 0 radical (unpaired) electrons. The van der Waals surface area contributed by atoms with E-state index in [1.807, 2.05) is 26.0 Å². The Balaban J connectivity index is 1.79. The average molecular weight is 412 g/mol. The molecule has 0 fully saturated rings. The van der Waals surface area contributed by atoms with E-state index >= 15 is 0 Å². The Morgan fingerprint density at radius 3 is 2.57 bits per heavy atom. The molecule has 5 heteroatoms. The van der Waals surface area contributed by atoms with E-state index in [-0.39, 0.29) is 11.4 Å². The fourth-order valence-electron chi connectivity index (χ4n) is 4.12. The maximum Gasteiger partial charge on any atom is 0.203 e. The molecule has 2 aromatic heterocycles. The van der Waals surface area contributed by atoms with Crippen LogP contribution in [-0.2, 0) is 12.8 Å². The average Bonchev–Trinajstić information content (AvgIpc) is 3.27. The monoisotopic (exact) mass is 411 g/mol. The molecule has 0 aliphatic heterocycles. The van der Waals surface area contributed by atoms with E-state index in [2.05, 4.69) is 16.7 Å². The van der Waals surface area contributed by atoms with Crippen LogP contribution in [0.5, 0.6) is 0 Å². The summed E-state index contributed by atoms with van der Waals surface area (Å²) in [5, 5.41) is 20.4. The minimum atomic E-state index is -0.285. The largest absolute Gasteiger partial charge is 0.308 e. The third kappa shape index (κ3) is 3.38. The number of aromatic nitrogens is 1. The third-order valence-corrected chi connectivity index (χ3v) is 6.92. The Labute approximate surface area is 180 Å². The lowest BCUT2D eigenvalue weighted by Crippen LogP contribution is -2.03. The van der Waals surface area contributed by atoms with Crippen molar-refractivity contribution in [3.05, 3.63) is 80.5 Å². The van der Waals surface area contributed by atoms with Crippen LogP contribution in [-0.4, -0.2) is 10.4 Å². The molecule has 0 saturated heterocycles. The summed E-state index contributed by atoms with van der Waals surface area (Å²) in [5.74, 6) is -0.285. The van der Waals surface area contributed by atoms with Gasteiger partial charge in [0.25, 0.3) is 0 Å². The number of carbonyl (C=O) groups excluding carboxylic acids is 1. The van der Waals surface area contributed by atoms with Gasteiger partial charge in [0.05, 0.1) is 5.56 Å². The first-order chi connectivity index (χ1) is 14.5. The highest BCUT2D eigenvalue weighted by atomic mass is 32.1. The summed E-state index contributed by atoms with van der Waals surface area (Å²) < 4.78 is 2.09. The van der Waals surface area contributed by atoms with E-state index in [1.165, 1.54) is 16.9 Å². The number of rotatable bonds is 4. The molecule has 0 unspecified atom stereocenters. The number of aryl methyl sites for hydroxylation is 2. The number of hydrogen-bond acceptors (Lipinski definition) is 4. The Bertz CT molecular complexity index is 1250. The molecule has 0 bridgehead atoms. The Hall–Kier alpha value is -3.41. The minimum absolute atomic E-state index is 0.104. The molecule has 0 spiro atoms. The summed E-state index contributed by atoms with van der Waals surface area (Å²) in [6.07, 6.45) is 5.95. The van der Waals surface area contributed by atoms with Gasteiger partial charge in [-0.05, 0) is 62.8 Å². The molecule has 30 heavy (non-hydrogen) atoms. The maximum absolute atomic E-state index is 12.7. The van der Waals surface area contributed by atoms with Gasteiger partial charge >= 0.3 is 0 Å². The lowest BCUT2D eigenvalue weighted by molar-refractivity contribution is 0.104. The first kappa shape index (κ1) is 19.9. The minimum Gasteiger partial charge on any atom is -0.308 e. The van der Waals surface area contributed by atoms with Crippen LogP contribution < -0.4 is 0 Å². The van der Waals surface area contributed by atoms with Crippen molar-refractivity contribution in [3.63, 3.8) is 0 Å². The first-order valence-electron chi connectivity index (χ1n) is 10.0. The van der Waals surface area contributed by atoms with Crippen molar-refractivity contribution < 1.29 is 4.79 Å². The zero-order valence-electron chi connectivity index (χ0n) is 17.0. The molecular weight excluding hydrogens is 390 g/mol. The number of thiophene rings is 1. The third-order valence-electron chi connectivity index (χ3n) is 5.64. The number of nitriles is 2. The zero-order valence-corrected chi connectivity index (χ0v) is 17.8. The van der Waals surface area contributed by atoms with E-state index < -0.39 is 0 Å². The van der Waals surface area contributed by atoms with Crippen molar-refractivity contribution in [1.29, 1.82) is 10.5 Å². The lowest BCUT2D eigenvalue weighted by Gasteiger charge is -2.10. The van der Waals surface area contributed by atoms with Crippen molar-refractivity contribution in [2.45, 2.75) is 39.5 Å². The zero-order chi connectivity index (χ0) is 21.3. The number of nitrogens with zero attached hydrogens (tertiary/aromatic N) is 3. The first-order valence-corrected chi connectivity index (χ1v) is 10.8.